The number of ether oxygens (including phenoxy) is 2. The van der Waals surface area contributed by atoms with Crippen molar-refractivity contribution >= 4 is 17.0 Å². The number of nitrogens with zero attached hydrogens (tertiary/aromatic N) is 4. The van der Waals surface area contributed by atoms with Gasteiger partial charge < -0.3 is 9.47 Å². The van der Waals surface area contributed by atoms with Gasteiger partial charge in [-0.3, -0.25) is 0 Å². The number of fused-ring (bicyclic) bond motifs is 1. The fraction of sp³-hybridized carbons (Fsp3) is 0.143. The van der Waals surface area contributed by atoms with Gasteiger partial charge in [-0.15, -0.1) is 0 Å². The molecule has 0 fully saturated rings. The molecule has 4 rings (SSSR count). The number of aromatic nitrogens is 4. The molecule has 0 radical (unpaired) electrons. The van der Waals surface area contributed by atoms with E-state index in [-0.39, 0.29) is 6.23 Å². The molecule has 0 spiro atoms. The highest BCUT2D eigenvalue weighted by Gasteiger charge is 2.18. The van der Waals surface area contributed by atoms with E-state index in [0.717, 1.165) is 5.56 Å². The van der Waals surface area contributed by atoms with Gasteiger partial charge in [-0.1, -0.05) is 48.5 Å². The molecule has 2 heterocycles. The average molecular weight is 374 g/mol. The summed E-state index contributed by atoms with van der Waals surface area (Å²) < 4.78 is 12.2. The Labute approximate surface area is 161 Å². The summed E-state index contributed by atoms with van der Waals surface area (Å²) in [6.07, 6.45) is 3.07. The second kappa shape index (κ2) is 7.58. The van der Waals surface area contributed by atoms with Crippen LogP contribution in [0.2, 0.25) is 0 Å². The Morgan fingerprint density at radius 2 is 1.75 bits per heavy atom. The van der Waals surface area contributed by atoms with Gasteiger partial charge in [0.25, 0.3) is 0 Å². The molecule has 4 aromatic rings. The van der Waals surface area contributed by atoms with Crippen LogP contribution in [0.3, 0.4) is 0 Å². The first-order valence-corrected chi connectivity index (χ1v) is 8.68. The van der Waals surface area contributed by atoms with Crippen LogP contribution >= 0.6 is 0 Å². The summed E-state index contributed by atoms with van der Waals surface area (Å²) in [5.74, 6) is 0.000227. The Morgan fingerprint density at radius 3 is 2.50 bits per heavy atom. The molecule has 2 aromatic carbocycles. The molecule has 28 heavy (non-hydrogen) atoms. The number of carbonyl (C=O) groups is 1. The minimum atomic E-state index is -0.432. The van der Waals surface area contributed by atoms with E-state index in [1.807, 2.05) is 42.6 Å². The van der Waals surface area contributed by atoms with Crippen LogP contribution in [0.5, 0.6) is 0 Å². The normalized spacial score (nSPS) is 12.1. The lowest BCUT2D eigenvalue weighted by Gasteiger charge is -2.15. The molecule has 0 aliphatic rings. The van der Waals surface area contributed by atoms with Crippen molar-refractivity contribution < 1.29 is 14.3 Å². The molecule has 1 unspecified atom stereocenters. The Balaban J connectivity index is 1.77. The van der Waals surface area contributed by atoms with Gasteiger partial charge in [0.05, 0.1) is 25.1 Å². The van der Waals surface area contributed by atoms with Crippen LogP contribution in [0.4, 0.5) is 0 Å². The van der Waals surface area contributed by atoms with E-state index in [1.54, 1.807) is 36.2 Å². The number of hydrogen-bond acceptors (Lipinski definition) is 6. The third kappa shape index (κ3) is 3.23. The summed E-state index contributed by atoms with van der Waals surface area (Å²) in [5, 5.41) is 4.54. The maximum absolute atomic E-state index is 12.0. The molecule has 7 nitrogen and oxygen atoms in total. The van der Waals surface area contributed by atoms with Crippen molar-refractivity contribution in [1.82, 2.24) is 19.7 Å². The first-order valence-electron chi connectivity index (χ1n) is 8.68. The van der Waals surface area contributed by atoms with Gasteiger partial charge in [-0.2, -0.15) is 5.10 Å². The molecule has 2 aromatic heterocycles. The third-order valence-electron chi connectivity index (χ3n) is 4.40. The number of benzene rings is 2. The fourth-order valence-corrected chi connectivity index (χ4v) is 3.07. The first-order chi connectivity index (χ1) is 13.7. The maximum Gasteiger partial charge on any atom is 0.338 e. The molecular formula is C21H18N4O3. The van der Waals surface area contributed by atoms with Crippen molar-refractivity contribution in [3.63, 3.8) is 0 Å². The molecular weight excluding hydrogens is 356 g/mol. The lowest BCUT2D eigenvalue weighted by atomic mass is 10.1. The average Bonchev–Trinajstić information content (AvgIpc) is 3.17. The summed E-state index contributed by atoms with van der Waals surface area (Å²) in [7, 11) is 2.98. The van der Waals surface area contributed by atoms with Gasteiger partial charge in [0.1, 0.15) is 11.0 Å². The zero-order chi connectivity index (χ0) is 19.5. The first kappa shape index (κ1) is 17.8. The summed E-state index contributed by atoms with van der Waals surface area (Å²) in [6, 6.07) is 16.9. The molecule has 1 atom stereocenters. The van der Waals surface area contributed by atoms with Gasteiger partial charge in [0.15, 0.2) is 12.1 Å². The lowest BCUT2D eigenvalue weighted by molar-refractivity contribution is 0.0601. The van der Waals surface area contributed by atoms with Gasteiger partial charge in [-0.05, 0) is 6.07 Å². The molecule has 0 bridgehead atoms. The van der Waals surface area contributed by atoms with Crippen LogP contribution in [-0.2, 0) is 9.47 Å². The van der Waals surface area contributed by atoms with E-state index in [9.17, 15) is 4.79 Å². The fourth-order valence-electron chi connectivity index (χ4n) is 3.07. The highest BCUT2D eigenvalue weighted by molar-refractivity contribution is 5.96. The van der Waals surface area contributed by atoms with E-state index in [1.165, 1.54) is 7.11 Å². The van der Waals surface area contributed by atoms with E-state index in [2.05, 4.69) is 15.1 Å². The van der Waals surface area contributed by atoms with Crippen molar-refractivity contribution in [3.05, 3.63) is 78.1 Å². The zero-order valence-corrected chi connectivity index (χ0v) is 15.4. The molecule has 0 saturated heterocycles. The number of hydrogen-bond donors (Lipinski definition) is 0. The molecule has 0 aliphatic heterocycles. The highest BCUT2D eigenvalue weighted by Crippen LogP contribution is 2.24. The van der Waals surface area contributed by atoms with Crippen molar-refractivity contribution in [2.75, 3.05) is 14.2 Å². The second-order valence-electron chi connectivity index (χ2n) is 6.11. The van der Waals surface area contributed by atoms with Crippen molar-refractivity contribution in [1.29, 1.82) is 0 Å². The number of methoxy groups -OCH3 is 2. The summed E-state index contributed by atoms with van der Waals surface area (Å²) in [4.78, 5) is 21.0. The second-order valence-corrected chi connectivity index (χ2v) is 6.11. The van der Waals surface area contributed by atoms with Crippen molar-refractivity contribution in [2.45, 2.75) is 6.23 Å². The van der Waals surface area contributed by atoms with Gasteiger partial charge in [0, 0.05) is 18.2 Å². The van der Waals surface area contributed by atoms with Crippen molar-refractivity contribution in [3.8, 4) is 11.4 Å². The van der Waals surface area contributed by atoms with Crippen molar-refractivity contribution in [2.24, 2.45) is 0 Å². The third-order valence-corrected chi connectivity index (χ3v) is 4.40. The molecule has 0 N–H and O–H groups in total. The minimum Gasteiger partial charge on any atom is -0.465 e. The lowest BCUT2D eigenvalue weighted by Crippen LogP contribution is -2.12. The molecule has 0 amide bonds. The Bertz CT molecular complexity index is 1120. The topological polar surface area (TPSA) is 79.1 Å². The van der Waals surface area contributed by atoms with Gasteiger partial charge in [-0.25, -0.2) is 19.4 Å². The minimum absolute atomic E-state index is 0.374. The number of esters is 1. The van der Waals surface area contributed by atoms with Crippen LogP contribution in [-0.4, -0.2) is 39.9 Å². The molecule has 0 saturated carbocycles. The summed E-state index contributed by atoms with van der Waals surface area (Å²) >= 11 is 0. The van der Waals surface area contributed by atoms with Crippen LogP contribution < -0.4 is 0 Å². The smallest absolute Gasteiger partial charge is 0.338 e. The zero-order valence-electron chi connectivity index (χ0n) is 15.4. The molecule has 7 heteroatoms. The van der Waals surface area contributed by atoms with E-state index >= 15 is 0 Å². The molecule has 0 aliphatic carbocycles. The predicted octanol–water partition coefficient (Wildman–Crippen LogP) is 3.47. The highest BCUT2D eigenvalue weighted by atomic mass is 16.5. The largest absolute Gasteiger partial charge is 0.465 e. The Hall–Kier alpha value is -3.58. The number of carbonyl (C=O) groups excluding carboxylic acids is 1. The van der Waals surface area contributed by atoms with E-state index in [0.29, 0.717) is 28.0 Å². The maximum atomic E-state index is 12.0. The van der Waals surface area contributed by atoms with E-state index in [4.69, 9.17) is 9.47 Å². The Morgan fingerprint density at radius 1 is 1.00 bits per heavy atom. The van der Waals surface area contributed by atoms with Crippen LogP contribution in [0.25, 0.3) is 22.4 Å². The Kier molecular flexibility index (Phi) is 4.82. The summed E-state index contributed by atoms with van der Waals surface area (Å²) in [6.45, 7) is 0. The van der Waals surface area contributed by atoms with Gasteiger partial charge >= 0.3 is 5.97 Å². The standard InChI is InChI=1S/C21H18N4O3/c1-27-20(14-8-4-3-5-9-14)25-13-18-17(24-25)12-22-19(23-18)15-10-6-7-11-16(15)21(26)28-2/h3-13,20H,1-2H3. The quantitative estimate of drug-likeness (QED) is 0.498. The van der Waals surface area contributed by atoms with Crippen LogP contribution in [0, 0.1) is 0 Å². The van der Waals surface area contributed by atoms with Gasteiger partial charge in [0.2, 0.25) is 0 Å². The van der Waals surface area contributed by atoms with Crippen LogP contribution in [0.15, 0.2) is 67.0 Å². The summed E-state index contributed by atoms with van der Waals surface area (Å²) in [5.41, 5.74) is 3.29. The van der Waals surface area contributed by atoms with E-state index < -0.39 is 5.97 Å². The van der Waals surface area contributed by atoms with Crippen LogP contribution in [0.1, 0.15) is 22.1 Å². The predicted molar refractivity (Wildman–Crippen MR) is 104 cm³/mol. The number of rotatable bonds is 5. The monoisotopic (exact) mass is 374 g/mol. The molecule has 140 valence electrons. The SMILES string of the molecule is COC(=O)c1ccccc1-c1ncc2nn(C(OC)c3ccccc3)cc2n1.